The van der Waals surface area contributed by atoms with Crippen LogP contribution in [0.4, 0.5) is 0 Å². The summed E-state index contributed by atoms with van der Waals surface area (Å²) in [6.45, 7) is 4.26. The number of benzene rings is 2. The molecule has 2 heterocycles. The van der Waals surface area contributed by atoms with Crippen molar-refractivity contribution < 1.29 is 14.6 Å². The fourth-order valence-corrected chi connectivity index (χ4v) is 3.95. The van der Waals surface area contributed by atoms with E-state index in [0.29, 0.717) is 0 Å². The van der Waals surface area contributed by atoms with E-state index in [-0.39, 0.29) is 29.5 Å². The third-order valence-electron chi connectivity index (χ3n) is 5.15. The van der Waals surface area contributed by atoms with Gasteiger partial charge in [0.1, 0.15) is 17.1 Å². The Morgan fingerprint density at radius 3 is 2.61 bits per heavy atom. The summed E-state index contributed by atoms with van der Waals surface area (Å²) in [5.41, 5.74) is 1.92. The van der Waals surface area contributed by atoms with E-state index < -0.39 is 0 Å². The molecule has 2 aromatic carbocycles. The SMILES string of the molecule is CC1(C)Oc2ccc(O)cc2[C@H]2O[C@@H](c3ccccc3)CC[C@@H]21. The van der Waals surface area contributed by atoms with Gasteiger partial charge >= 0.3 is 0 Å². The van der Waals surface area contributed by atoms with Crippen molar-refractivity contribution in [3.05, 3.63) is 59.7 Å². The van der Waals surface area contributed by atoms with E-state index in [0.717, 1.165) is 24.2 Å². The van der Waals surface area contributed by atoms with Gasteiger partial charge in [0.15, 0.2) is 0 Å². The van der Waals surface area contributed by atoms with Crippen LogP contribution in [-0.4, -0.2) is 10.7 Å². The standard InChI is InChI=1S/C20H22O3/c1-20(2)16-9-11-17(13-6-4-3-5-7-13)22-19(16)15-12-14(21)8-10-18(15)23-20/h3-8,10,12,16-17,19,21H,9,11H2,1-2H3/t16-,17+,19+/m0/s1. The summed E-state index contributed by atoms with van der Waals surface area (Å²) in [6.07, 6.45) is 2.10. The van der Waals surface area contributed by atoms with Crippen LogP contribution in [0.25, 0.3) is 0 Å². The van der Waals surface area contributed by atoms with Crippen LogP contribution in [0, 0.1) is 5.92 Å². The highest BCUT2D eigenvalue weighted by atomic mass is 16.5. The Hall–Kier alpha value is -2.00. The molecule has 0 spiro atoms. The van der Waals surface area contributed by atoms with Crippen LogP contribution < -0.4 is 4.74 Å². The number of rotatable bonds is 1. The molecular formula is C20H22O3. The predicted molar refractivity (Wildman–Crippen MR) is 88.5 cm³/mol. The van der Waals surface area contributed by atoms with Crippen molar-refractivity contribution >= 4 is 0 Å². The maximum absolute atomic E-state index is 9.88. The number of hydrogen-bond donors (Lipinski definition) is 1. The first-order valence-electron chi connectivity index (χ1n) is 8.27. The quantitative estimate of drug-likeness (QED) is 0.824. The highest BCUT2D eigenvalue weighted by Crippen LogP contribution is 2.53. The summed E-state index contributed by atoms with van der Waals surface area (Å²) in [4.78, 5) is 0. The van der Waals surface area contributed by atoms with E-state index in [1.165, 1.54) is 5.56 Å². The summed E-state index contributed by atoms with van der Waals surface area (Å²) in [5, 5.41) is 9.88. The normalized spacial score (nSPS) is 28.3. The van der Waals surface area contributed by atoms with Crippen molar-refractivity contribution in [2.45, 2.75) is 44.5 Å². The second-order valence-corrected chi connectivity index (χ2v) is 7.07. The molecule has 2 aliphatic rings. The Bertz CT molecular complexity index is 708. The topological polar surface area (TPSA) is 38.7 Å². The minimum absolute atomic E-state index is 0.0418. The van der Waals surface area contributed by atoms with Crippen LogP contribution in [0.5, 0.6) is 11.5 Å². The molecule has 0 unspecified atom stereocenters. The molecule has 120 valence electrons. The smallest absolute Gasteiger partial charge is 0.126 e. The largest absolute Gasteiger partial charge is 0.508 e. The van der Waals surface area contributed by atoms with E-state index in [4.69, 9.17) is 9.47 Å². The molecule has 3 nitrogen and oxygen atoms in total. The highest BCUT2D eigenvalue weighted by molar-refractivity contribution is 5.44. The van der Waals surface area contributed by atoms with Gasteiger partial charge in [-0.1, -0.05) is 30.3 Å². The van der Waals surface area contributed by atoms with Gasteiger partial charge in [-0.3, -0.25) is 0 Å². The minimum Gasteiger partial charge on any atom is -0.508 e. The van der Waals surface area contributed by atoms with Crippen LogP contribution in [0.1, 0.15) is 50.0 Å². The Morgan fingerprint density at radius 2 is 1.83 bits per heavy atom. The number of phenols is 1. The lowest BCUT2D eigenvalue weighted by atomic mass is 9.74. The fraction of sp³-hybridized carbons (Fsp3) is 0.400. The molecule has 0 amide bonds. The molecule has 3 atom stereocenters. The summed E-state index contributed by atoms with van der Waals surface area (Å²) in [5.74, 6) is 1.37. The van der Waals surface area contributed by atoms with Crippen molar-refractivity contribution in [1.82, 2.24) is 0 Å². The molecule has 1 fully saturated rings. The zero-order valence-electron chi connectivity index (χ0n) is 13.5. The number of ether oxygens (including phenoxy) is 2. The third kappa shape index (κ3) is 2.49. The molecule has 0 bridgehead atoms. The molecule has 4 rings (SSSR count). The Morgan fingerprint density at radius 1 is 1.04 bits per heavy atom. The van der Waals surface area contributed by atoms with Gasteiger partial charge in [0.2, 0.25) is 0 Å². The zero-order chi connectivity index (χ0) is 16.0. The summed E-state index contributed by atoms with van der Waals surface area (Å²) in [7, 11) is 0. The minimum atomic E-state index is -0.268. The highest BCUT2D eigenvalue weighted by Gasteiger charge is 2.47. The molecule has 23 heavy (non-hydrogen) atoms. The van der Waals surface area contributed by atoms with Crippen molar-refractivity contribution in [2.24, 2.45) is 5.92 Å². The molecule has 0 radical (unpaired) electrons. The Kier molecular flexibility index (Phi) is 3.34. The van der Waals surface area contributed by atoms with Gasteiger partial charge in [-0.15, -0.1) is 0 Å². The summed E-state index contributed by atoms with van der Waals surface area (Å²) >= 11 is 0. The molecule has 0 aromatic heterocycles. The van der Waals surface area contributed by atoms with Crippen LogP contribution in [-0.2, 0) is 4.74 Å². The number of fused-ring (bicyclic) bond motifs is 3. The van der Waals surface area contributed by atoms with E-state index in [1.54, 1.807) is 12.1 Å². The first-order valence-corrected chi connectivity index (χ1v) is 8.27. The maximum atomic E-state index is 9.88. The molecule has 1 N–H and O–H groups in total. The molecule has 0 aliphatic carbocycles. The van der Waals surface area contributed by atoms with E-state index >= 15 is 0 Å². The lowest BCUT2D eigenvalue weighted by Crippen LogP contribution is -2.47. The van der Waals surface area contributed by atoms with Gasteiger partial charge in [-0.25, -0.2) is 0 Å². The summed E-state index contributed by atoms with van der Waals surface area (Å²) < 4.78 is 12.7. The van der Waals surface area contributed by atoms with Gasteiger partial charge in [0.05, 0.1) is 12.2 Å². The number of phenolic OH excluding ortho intramolecular Hbond substituents is 1. The van der Waals surface area contributed by atoms with Crippen LogP contribution in [0.3, 0.4) is 0 Å². The van der Waals surface area contributed by atoms with E-state index in [1.807, 2.05) is 12.1 Å². The van der Waals surface area contributed by atoms with Crippen molar-refractivity contribution in [3.63, 3.8) is 0 Å². The second kappa shape index (κ2) is 5.27. The van der Waals surface area contributed by atoms with Gasteiger partial charge in [-0.05, 0) is 50.5 Å². The zero-order valence-corrected chi connectivity index (χ0v) is 13.5. The predicted octanol–water partition coefficient (Wildman–Crippen LogP) is 4.77. The Labute approximate surface area is 136 Å². The van der Waals surface area contributed by atoms with E-state index in [2.05, 4.69) is 38.1 Å². The van der Waals surface area contributed by atoms with Crippen molar-refractivity contribution in [1.29, 1.82) is 0 Å². The van der Waals surface area contributed by atoms with Gasteiger partial charge in [-0.2, -0.15) is 0 Å². The molecule has 1 saturated heterocycles. The maximum Gasteiger partial charge on any atom is 0.126 e. The summed E-state index contributed by atoms with van der Waals surface area (Å²) in [6, 6.07) is 15.7. The molecular weight excluding hydrogens is 288 g/mol. The lowest BCUT2D eigenvalue weighted by Gasteiger charge is -2.48. The van der Waals surface area contributed by atoms with Crippen molar-refractivity contribution in [3.8, 4) is 11.5 Å². The monoisotopic (exact) mass is 310 g/mol. The van der Waals surface area contributed by atoms with Crippen LogP contribution >= 0.6 is 0 Å². The Balaban J connectivity index is 1.72. The van der Waals surface area contributed by atoms with Gasteiger partial charge in [0, 0.05) is 11.5 Å². The van der Waals surface area contributed by atoms with Crippen molar-refractivity contribution in [2.75, 3.05) is 0 Å². The molecule has 2 aromatic rings. The van der Waals surface area contributed by atoms with Gasteiger partial charge in [0.25, 0.3) is 0 Å². The number of hydrogen-bond acceptors (Lipinski definition) is 3. The second-order valence-electron chi connectivity index (χ2n) is 7.07. The first kappa shape index (κ1) is 14.6. The molecule has 2 aliphatic heterocycles. The molecule has 3 heteroatoms. The third-order valence-corrected chi connectivity index (χ3v) is 5.15. The van der Waals surface area contributed by atoms with Crippen LogP contribution in [0.2, 0.25) is 0 Å². The fourth-order valence-electron chi connectivity index (χ4n) is 3.95. The van der Waals surface area contributed by atoms with E-state index in [9.17, 15) is 5.11 Å². The average molecular weight is 310 g/mol. The number of aromatic hydroxyl groups is 1. The average Bonchev–Trinajstić information content (AvgIpc) is 2.56. The lowest BCUT2D eigenvalue weighted by molar-refractivity contribution is -0.151. The first-order chi connectivity index (χ1) is 11.0. The van der Waals surface area contributed by atoms with Crippen LogP contribution in [0.15, 0.2) is 48.5 Å². The molecule has 0 saturated carbocycles. The van der Waals surface area contributed by atoms with Gasteiger partial charge < -0.3 is 14.6 Å².